The zero-order valence-corrected chi connectivity index (χ0v) is 13.6. The fraction of sp³-hybridized carbons (Fsp3) is 0.176. The van der Waals surface area contributed by atoms with Crippen molar-refractivity contribution < 1.29 is 14.3 Å². The molecule has 2 aromatic carbocycles. The SMILES string of the molecule is CCOc1ccc(/C=N/NC(=O)c2cccc(Cl)c2)cc1OC. The average Bonchev–Trinajstić information content (AvgIpc) is 2.56. The van der Waals surface area contributed by atoms with Gasteiger partial charge in [0.15, 0.2) is 11.5 Å². The van der Waals surface area contributed by atoms with Crippen molar-refractivity contribution in [1.82, 2.24) is 5.43 Å². The molecule has 0 aliphatic heterocycles. The summed E-state index contributed by atoms with van der Waals surface area (Å²) in [7, 11) is 1.57. The zero-order valence-electron chi connectivity index (χ0n) is 12.9. The first kappa shape index (κ1) is 16.8. The van der Waals surface area contributed by atoms with Gasteiger partial charge in [0.25, 0.3) is 5.91 Å². The molecule has 2 aromatic rings. The van der Waals surface area contributed by atoms with Gasteiger partial charge < -0.3 is 9.47 Å². The molecule has 2 rings (SSSR count). The van der Waals surface area contributed by atoms with Crippen molar-refractivity contribution in [2.24, 2.45) is 5.10 Å². The van der Waals surface area contributed by atoms with E-state index < -0.39 is 0 Å². The number of hydrogen-bond acceptors (Lipinski definition) is 4. The molecule has 0 saturated carbocycles. The van der Waals surface area contributed by atoms with Gasteiger partial charge in [-0.2, -0.15) is 5.10 Å². The third kappa shape index (κ3) is 4.72. The van der Waals surface area contributed by atoms with E-state index in [0.717, 1.165) is 5.56 Å². The van der Waals surface area contributed by atoms with Crippen LogP contribution in [-0.2, 0) is 0 Å². The van der Waals surface area contributed by atoms with Gasteiger partial charge in [-0.15, -0.1) is 0 Å². The van der Waals surface area contributed by atoms with E-state index in [2.05, 4.69) is 10.5 Å². The van der Waals surface area contributed by atoms with Crippen LogP contribution >= 0.6 is 11.6 Å². The Labute approximate surface area is 139 Å². The second kappa shape index (κ2) is 8.19. The van der Waals surface area contributed by atoms with Crippen LogP contribution in [0.1, 0.15) is 22.8 Å². The monoisotopic (exact) mass is 332 g/mol. The zero-order chi connectivity index (χ0) is 16.7. The van der Waals surface area contributed by atoms with Crippen LogP contribution in [0.4, 0.5) is 0 Å². The molecule has 0 aliphatic rings. The van der Waals surface area contributed by atoms with Gasteiger partial charge in [0.2, 0.25) is 0 Å². The number of carbonyl (C=O) groups is 1. The van der Waals surface area contributed by atoms with E-state index in [1.54, 1.807) is 43.5 Å². The maximum Gasteiger partial charge on any atom is 0.271 e. The van der Waals surface area contributed by atoms with Gasteiger partial charge in [0.05, 0.1) is 19.9 Å². The van der Waals surface area contributed by atoms with E-state index in [-0.39, 0.29) is 5.91 Å². The predicted molar refractivity (Wildman–Crippen MR) is 90.7 cm³/mol. The van der Waals surface area contributed by atoms with Gasteiger partial charge >= 0.3 is 0 Å². The molecule has 5 nitrogen and oxygen atoms in total. The predicted octanol–water partition coefficient (Wildman–Crippen LogP) is 3.51. The minimum atomic E-state index is -0.332. The quantitative estimate of drug-likeness (QED) is 0.650. The van der Waals surface area contributed by atoms with Gasteiger partial charge in [0.1, 0.15) is 0 Å². The molecule has 0 aromatic heterocycles. The summed E-state index contributed by atoms with van der Waals surface area (Å²) < 4.78 is 10.7. The number of nitrogens with zero attached hydrogens (tertiary/aromatic N) is 1. The molecule has 1 N–H and O–H groups in total. The number of amides is 1. The summed E-state index contributed by atoms with van der Waals surface area (Å²) in [6.45, 7) is 2.46. The van der Waals surface area contributed by atoms with Crippen molar-refractivity contribution >= 4 is 23.7 Å². The summed E-state index contributed by atoms with van der Waals surface area (Å²) in [5.41, 5.74) is 3.67. The molecule has 0 aliphatic carbocycles. The minimum absolute atomic E-state index is 0.332. The Morgan fingerprint density at radius 3 is 2.78 bits per heavy atom. The number of rotatable bonds is 6. The molecule has 0 bridgehead atoms. The van der Waals surface area contributed by atoms with Crippen LogP contribution in [0, 0.1) is 0 Å². The summed E-state index contributed by atoms with van der Waals surface area (Å²) in [6, 6.07) is 12.0. The van der Waals surface area contributed by atoms with Crippen molar-refractivity contribution in [3.05, 3.63) is 58.6 Å². The average molecular weight is 333 g/mol. The van der Waals surface area contributed by atoms with Gasteiger partial charge in [0, 0.05) is 10.6 Å². The molecule has 23 heavy (non-hydrogen) atoms. The Hall–Kier alpha value is -2.53. The van der Waals surface area contributed by atoms with Gasteiger partial charge in [-0.05, 0) is 48.9 Å². The standard InChI is InChI=1S/C17H17ClN2O3/c1-3-23-15-8-7-12(9-16(15)22-2)11-19-20-17(21)13-5-4-6-14(18)10-13/h4-11H,3H2,1-2H3,(H,20,21)/b19-11+. The number of halogens is 1. The molecule has 0 radical (unpaired) electrons. The highest BCUT2D eigenvalue weighted by Crippen LogP contribution is 2.27. The molecule has 120 valence electrons. The molecule has 0 unspecified atom stereocenters. The number of methoxy groups -OCH3 is 1. The van der Waals surface area contributed by atoms with Crippen molar-refractivity contribution in [2.75, 3.05) is 13.7 Å². The van der Waals surface area contributed by atoms with Crippen molar-refractivity contribution in [3.63, 3.8) is 0 Å². The molecule has 1 amide bonds. The van der Waals surface area contributed by atoms with Crippen molar-refractivity contribution in [3.8, 4) is 11.5 Å². The first-order chi connectivity index (χ1) is 11.1. The van der Waals surface area contributed by atoms with Crippen LogP contribution in [0.25, 0.3) is 0 Å². The second-order valence-electron chi connectivity index (χ2n) is 4.55. The van der Waals surface area contributed by atoms with E-state index in [0.29, 0.717) is 28.7 Å². The molecule has 0 atom stereocenters. The number of ether oxygens (including phenoxy) is 2. The maximum atomic E-state index is 11.9. The summed E-state index contributed by atoms with van der Waals surface area (Å²) in [6.07, 6.45) is 1.53. The normalized spacial score (nSPS) is 10.6. The summed E-state index contributed by atoms with van der Waals surface area (Å²) >= 11 is 5.85. The van der Waals surface area contributed by atoms with Gasteiger partial charge in [-0.25, -0.2) is 5.43 Å². The highest BCUT2D eigenvalue weighted by molar-refractivity contribution is 6.30. The largest absolute Gasteiger partial charge is 0.493 e. The fourth-order valence-corrected chi connectivity index (χ4v) is 2.09. The number of carbonyl (C=O) groups excluding carboxylic acids is 1. The number of hydrogen-bond donors (Lipinski definition) is 1. The highest BCUT2D eigenvalue weighted by Gasteiger charge is 2.05. The molecule has 0 fully saturated rings. The van der Waals surface area contributed by atoms with Crippen LogP contribution in [0.3, 0.4) is 0 Å². The Morgan fingerprint density at radius 2 is 2.09 bits per heavy atom. The molecule has 0 saturated heterocycles. The lowest BCUT2D eigenvalue weighted by molar-refractivity contribution is 0.0955. The van der Waals surface area contributed by atoms with Crippen LogP contribution < -0.4 is 14.9 Å². The smallest absolute Gasteiger partial charge is 0.271 e. The minimum Gasteiger partial charge on any atom is -0.493 e. The lowest BCUT2D eigenvalue weighted by atomic mass is 10.2. The Bertz CT molecular complexity index is 717. The van der Waals surface area contributed by atoms with E-state index in [1.165, 1.54) is 6.21 Å². The van der Waals surface area contributed by atoms with Gasteiger partial charge in [-0.3, -0.25) is 4.79 Å². The topological polar surface area (TPSA) is 59.9 Å². The Kier molecular flexibility index (Phi) is 6.00. The third-order valence-corrected chi connectivity index (χ3v) is 3.19. The van der Waals surface area contributed by atoms with Crippen LogP contribution in [0.2, 0.25) is 5.02 Å². The third-order valence-electron chi connectivity index (χ3n) is 2.95. The van der Waals surface area contributed by atoms with E-state index in [1.807, 2.05) is 13.0 Å². The van der Waals surface area contributed by atoms with E-state index in [9.17, 15) is 4.79 Å². The van der Waals surface area contributed by atoms with Crippen molar-refractivity contribution in [1.29, 1.82) is 0 Å². The number of hydrazone groups is 1. The van der Waals surface area contributed by atoms with Crippen LogP contribution in [0.15, 0.2) is 47.6 Å². The molecule has 6 heteroatoms. The number of nitrogens with one attached hydrogen (secondary N) is 1. The highest BCUT2D eigenvalue weighted by atomic mass is 35.5. The van der Waals surface area contributed by atoms with E-state index >= 15 is 0 Å². The lowest BCUT2D eigenvalue weighted by Crippen LogP contribution is -2.17. The van der Waals surface area contributed by atoms with Gasteiger partial charge in [-0.1, -0.05) is 17.7 Å². The molecular weight excluding hydrogens is 316 g/mol. The number of benzene rings is 2. The maximum absolute atomic E-state index is 11.9. The molecule has 0 heterocycles. The van der Waals surface area contributed by atoms with Crippen LogP contribution in [-0.4, -0.2) is 25.8 Å². The second-order valence-corrected chi connectivity index (χ2v) is 4.99. The Balaban J connectivity index is 2.04. The van der Waals surface area contributed by atoms with E-state index in [4.69, 9.17) is 21.1 Å². The lowest BCUT2D eigenvalue weighted by Gasteiger charge is -2.09. The molecule has 0 spiro atoms. The molecular formula is C17H17ClN2O3. The fourth-order valence-electron chi connectivity index (χ4n) is 1.90. The van der Waals surface area contributed by atoms with Crippen molar-refractivity contribution in [2.45, 2.75) is 6.92 Å². The summed E-state index contributed by atoms with van der Waals surface area (Å²) in [4.78, 5) is 11.9. The first-order valence-electron chi connectivity index (χ1n) is 7.04. The first-order valence-corrected chi connectivity index (χ1v) is 7.41. The summed E-state index contributed by atoms with van der Waals surface area (Å²) in [5.74, 6) is 0.939. The summed E-state index contributed by atoms with van der Waals surface area (Å²) in [5, 5.41) is 4.43. The van der Waals surface area contributed by atoms with Crippen LogP contribution in [0.5, 0.6) is 11.5 Å². The Morgan fingerprint density at radius 1 is 1.26 bits per heavy atom.